The maximum Gasteiger partial charge on any atom is 0.321 e. The molecular formula is C20H26N6O2. The van der Waals surface area contributed by atoms with Gasteiger partial charge in [0.25, 0.3) is 0 Å². The van der Waals surface area contributed by atoms with Crippen LogP contribution in [-0.2, 0) is 0 Å². The molecule has 0 unspecified atom stereocenters. The van der Waals surface area contributed by atoms with Crippen molar-refractivity contribution in [2.45, 2.75) is 19.9 Å². The molecule has 2 amide bonds. The molecule has 1 saturated heterocycles. The van der Waals surface area contributed by atoms with E-state index in [4.69, 9.17) is 4.74 Å². The number of fused-ring (bicyclic) bond motifs is 1. The monoisotopic (exact) mass is 382 g/mol. The first-order valence-electron chi connectivity index (χ1n) is 9.59. The van der Waals surface area contributed by atoms with E-state index in [-0.39, 0.29) is 6.03 Å². The number of aliphatic imine (C=N–C) groups is 2. The van der Waals surface area contributed by atoms with Crippen molar-refractivity contribution in [1.29, 1.82) is 0 Å². The third-order valence-electron chi connectivity index (χ3n) is 5.40. The number of amidine groups is 1. The third kappa shape index (κ3) is 3.54. The summed E-state index contributed by atoms with van der Waals surface area (Å²) in [5.74, 6) is 2.69. The number of aryl methyl sites for hydroxylation is 1. The summed E-state index contributed by atoms with van der Waals surface area (Å²) in [6.07, 6.45) is 3.91. The van der Waals surface area contributed by atoms with Crippen LogP contribution >= 0.6 is 0 Å². The molecule has 8 nitrogen and oxygen atoms in total. The number of anilines is 1. The van der Waals surface area contributed by atoms with E-state index in [0.717, 1.165) is 48.3 Å². The molecule has 0 radical (unpaired) electrons. The average Bonchev–Trinajstić information content (AvgIpc) is 3.09. The van der Waals surface area contributed by atoms with Crippen molar-refractivity contribution in [1.82, 2.24) is 14.7 Å². The van der Waals surface area contributed by atoms with Crippen LogP contribution in [0.25, 0.3) is 0 Å². The topological polar surface area (TPSA) is 72.8 Å². The maximum absolute atomic E-state index is 12.6. The van der Waals surface area contributed by atoms with Crippen molar-refractivity contribution < 1.29 is 9.53 Å². The van der Waals surface area contributed by atoms with Crippen LogP contribution in [0.3, 0.4) is 0 Å². The molecule has 0 spiro atoms. The van der Waals surface area contributed by atoms with Crippen molar-refractivity contribution >= 4 is 23.9 Å². The molecule has 28 heavy (non-hydrogen) atoms. The van der Waals surface area contributed by atoms with Gasteiger partial charge in [0.2, 0.25) is 0 Å². The smallest absolute Gasteiger partial charge is 0.321 e. The molecule has 3 aliphatic heterocycles. The number of carbonyl (C=O) groups is 1. The van der Waals surface area contributed by atoms with Crippen LogP contribution in [0.5, 0.6) is 5.75 Å². The van der Waals surface area contributed by atoms with E-state index in [2.05, 4.69) is 32.0 Å². The van der Waals surface area contributed by atoms with Crippen molar-refractivity contribution in [3.8, 4) is 5.75 Å². The minimum Gasteiger partial charge on any atom is -0.497 e. The highest BCUT2D eigenvalue weighted by Crippen LogP contribution is 2.22. The van der Waals surface area contributed by atoms with E-state index in [9.17, 15) is 4.79 Å². The Morgan fingerprint density at radius 2 is 2.04 bits per heavy atom. The molecule has 0 bridgehead atoms. The lowest BCUT2D eigenvalue weighted by molar-refractivity contribution is 0.166. The number of nitrogens with one attached hydrogen (secondary N) is 1. The summed E-state index contributed by atoms with van der Waals surface area (Å²) < 4.78 is 5.22. The van der Waals surface area contributed by atoms with Crippen LogP contribution < -0.4 is 10.1 Å². The standard InChI is InChI=1S/C20H26N6O2/c1-14-10-16(28-3)4-5-17(14)23-20(27)25-8-6-24(7-9-25)18-11-19-21-12-15(2)26(19)13-22-18/h4-5,10-11,13,15H,6-9,12H2,1-3H3,(H,23,27)/t15-/m0/s1. The predicted molar refractivity (Wildman–Crippen MR) is 110 cm³/mol. The SMILES string of the molecule is COc1ccc(NC(=O)N2CCN(C3=CC4=NC[C@H](C)N4C=N3)CC2)c(C)c1. The Bertz CT molecular complexity index is 854. The summed E-state index contributed by atoms with van der Waals surface area (Å²) in [6, 6.07) is 5.94. The van der Waals surface area contributed by atoms with Gasteiger partial charge in [-0.1, -0.05) is 0 Å². The summed E-state index contributed by atoms with van der Waals surface area (Å²) in [5.41, 5.74) is 1.78. The molecule has 3 aliphatic rings. The van der Waals surface area contributed by atoms with Crippen LogP contribution in [0, 0.1) is 6.92 Å². The van der Waals surface area contributed by atoms with Crippen molar-refractivity contribution in [3.63, 3.8) is 0 Å². The highest BCUT2D eigenvalue weighted by atomic mass is 16.5. The van der Waals surface area contributed by atoms with Crippen molar-refractivity contribution in [3.05, 3.63) is 35.7 Å². The average molecular weight is 382 g/mol. The minimum absolute atomic E-state index is 0.0748. The molecule has 1 aromatic carbocycles. The van der Waals surface area contributed by atoms with Gasteiger partial charge in [0, 0.05) is 37.9 Å². The molecule has 1 aromatic rings. The number of piperazine rings is 1. The number of urea groups is 1. The van der Waals surface area contributed by atoms with E-state index in [1.165, 1.54) is 0 Å². The van der Waals surface area contributed by atoms with Gasteiger partial charge in [-0.15, -0.1) is 0 Å². The van der Waals surface area contributed by atoms with Gasteiger partial charge in [-0.25, -0.2) is 9.79 Å². The molecule has 1 atom stereocenters. The van der Waals surface area contributed by atoms with E-state index in [0.29, 0.717) is 19.1 Å². The number of hydrogen-bond donors (Lipinski definition) is 1. The van der Waals surface area contributed by atoms with Gasteiger partial charge in [0.15, 0.2) is 0 Å². The lowest BCUT2D eigenvalue weighted by Crippen LogP contribution is -2.50. The Hall–Kier alpha value is -3.03. The van der Waals surface area contributed by atoms with Crippen LogP contribution in [0.15, 0.2) is 40.1 Å². The largest absolute Gasteiger partial charge is 0.497 e. The number of benzene rings is 1. The predicted octanol–water partition coefficient (Wildman–Crippen LogP) is 2.14. The minimum atomic E-state index is -0.0748. The second kappa shape index (κ2) is 7.53. The van der Waals surface area contributed by atoms with Gasteiger partial charge in [0.1, 0.15) is 17.4 Å². The number of ether oxygens (including phenoxy) is 1. The third-order valence-corrected chi connectivity index (χ3v) is 5.40. The Balaban J connectivity index is 1.34. The lowest BCUT2D eigenvalue weighted by Gasteiger charge is -2.37. The first-order valence-corrected chi connectivity index (χ1v) is 9.59. The first-order chi connectivity index (χ1) is 13.5. The summed E-state index contributed by atoms with van der Waals surface area (Å²) in [7, 11) is 1.63. The van der Waals surface area contributed by atoms with Gasteiger partial charge < -0.3 is 24.8 Å². The summed E-state index contributed by atoms with van der Waals surface area (Å²) in [5, 5.41) is 3.00. The van der Waals surface area contributed by atoms with Crippen LogP contribution in [-0.4, -0.2) is 78.8 Å². The first kappa shape index (κ1) is 18.3. The number of hydrogen-bond acceptors (Lipinski definition) is 6. The molecule has 1 fully saturated rings. The van der Waals surface area contributed by atoms with Crippen LogP contribution in [0.2, 0.25) is 0 Å². The number of nitrogens with zero attached hydrogens (tertiary/aromatic N) is 5. The molecule has 8 heteroatoms. The second-order valence-corrected chi connectivity index (χ2v) is 7.29. The van der Waals surface area contributed by atoms with Gasteiger partial charge in [0.05, 0.1) is 26.0 Å². The summed E-state index contributed by atoms with van der Waals surface area (Å²) in [4.78, 5) is 27.9. The quantitative estimate of drug-likeness (QED) is 0.869. The molecule has 0 saturated carbocycles. The summed E-state index contributed by atoms with van der Waals surface area (Å²) >= 11 is 0. The number of rotatable bonds is 3. The van der Waals surface area contributed by atoms with E-state index < -0.39 is 0 Å². The van der Waals surface area contributed by atoms with Gasteiger partial charge in [-0.3, -0.25) is 4.99 Å². The molecule has 1 N–H and O–H groups in total. The second-order valence-electron chi connectivity index (χ2n) is 7.29. The fourth-order valence-corrected chi connectivity index (χ4v) is 3.60. The van der Waals surface area contributed by atoms with Crippen molar-refractivity contribution in [2.24, 2.45) is 9.98 Å². The van der Waals surface area contributed by atoms with E-state index in [1.54, 1.807) is 7.11 Å². The Morgan fingerprint density at radius 3 is 2.75 bits per heavy atom. The maximum atomic E-state index is 12.6. The molecule has 148 valence electrons. The Morgan fingerprint density at radius 1 is 1.25 bits per heavy atom. The van der Waals surface area contributed by atoms with Crippen molar-refractivity contribution in [2.75, 3.05) is 45.2 Å². The van der Waals surface area contributed by atoms with E-state index >= 15 is 0 Å². The number of methoxy groups -OCH3 is 1. The van der Waals surface area contributed by atoms with Crippen LogP contribution in [0.4, 0.5) is 10.5 Å². The Kier molecular flexibility index (Phi) is 4.93. The summed E-state index contributed by atoms with van der Waals surface area (Å²) in [6.45, 7) is 7.72. The lowest BCUT2D eigenvalue weighted by atomic mass is 10.2. The molecule has 4 rings (SSSR count). The normalized spacial score (nSPS) is 21.2. The fraction of sp³-hybridized carbons (Fsp3) is 0.450. The highest BCUT2D eigenvalue weighted by Gasteiger charge is 2.28. The van der Waals surface area contributed by atoms with Crippen LogP contribution in [0.1, 0.15) is 12.5 Å². The molecule has 3 heterocycles. The van der Waals surface area contributed by atoms with Gasteiger partial charge in [-0.2, -0.15) is 0 Å². The van der Waals surface area contributed by atoms with E-state index in [1.807, 2.05) is 42.4 Å². The zero-order chi connectivity index (χ0) is 19.7. The highest BCUT2D eigenvalue weighted by molar-refractivity contribution is 6.03. The molecule has 0 aromatic heterocycles. The fourth-order valence-electron chi connectivity index (χ4n) is 3.60. The molecular weight excluding hydrogens is 356 g/mol. The number of carbonyl (C=O) groups excluding carboxylic acids is 1. The zero-order valence-corrected chi connectivity index (χ0v) is 16.6. The number of amides is 2. The van der Waals surface area contributed by atoms with Gasteiger partial charge in [-0.05, 0) is 37.6 Å². The van der Waals surface area contributed by atoms with Gasteiger partial charge >= 0.3 is 6.03 Å². The zero-order valence-electron chi connectivity index (χ0n) is 16.6. The molecule has 0 aliphatic carbocycles. The Labute approximate surface area is 165 Å².